The molecule has 0 radical (unpaired) electrons. The number of nitrogens with one attached hydrogen (secondary N) is 1. The fraction of sp³-hybridized carbons (Fsp3) is 0.875. The van der Waals surface area contributed by atoms with Crippen LogP contribution in [0.1, 0.15) is 13.8 Å². The molecule has 2 amide bonds. The summed E-state index contributed by atoms with van der Waals surface area (Å²) >= 11 is 0. The summed E-state index contributed by atoms with van der Waals surface area (Å²) in [5, 5.41) is 2.82. The number of nitrogens with zero attached hydrogens (tertiary/aromatic N) is 1. The summed E-state index contributed by atoms with van der Waals surface area (Å²) in [4.78, 5) is 13.2. The first-order chi connectivity index (χ1) is 6.09. The van der Waals surface area contributed by atoms with Crippen molar-refractivity contribution in [3.05, 3.63) is 0 Å². The van der Waals surface area contributed by atoms with Crippen molar-refractivity contribution in [3.63, 3.8) is 0 Å². The average Bonchev–Trinajstić information content (AvgIpc) is 2.04. The molecule has 0 aromatic rings. The van der Waals surface area contributed by atoms with Gasteiger partial charge in [0.2, 0.25) is 0 Å². The van der Waals surface area contributed by atoms with E-state index in [9.17, 15) is 9.00 Å². The number of hydrogen-bond donors (Lipinski definition) is 1. The second-order valence-corrected chi connectivity index (χ2v) is 5.14. The highest BCUT2D eigenvalue weighted by Crippen LogP contribution is 2.00. The molecule has 5 heteroatoms. The van der Waals surface area contributed by atoms with Crippen LogP contribution in [0.25, 0.3) is 0 Å². The van der Waals surface area contributed by atoms with Crippen molar-refractivity contribution in [2.75, 3.05) is 24.6 Å². The molecule has 1 N–H and O–H groups in total. The SMILES string of the molecule is CC(C)NC(=O)N1CCS(=O)CC1. The van der Waals surface area contributed by atoms with E-state index in [1.165, 1.54) is 0 Å². The Labute approximate surface area is 81.1 Å². The molecule has 0 aromatic carbocycles. The predicted octanol–water partition coefficient (Wildman–Crippen LogP) is 0.169. The minimum atomic E-state index is -0.712. The number of carbonyl (C=O) groups excluding carboxylic acids is 1. The molecule has 0 unspecified atom stereocenters. The average molecular weight is 204 g/mol. The monoisotopic (exact) mass is 204 g/mol. The molecule has 0 bridgehead atoms. The van der Waals surface area contributed by atoms with Crippen LogP contribution in [0.3, 0.4) is 0 Å². The normalized spacial score (nSPS) is 19.2. The Morgan fingerprint density at radius 3 is 2.38 bits per heavy atom. The van der Waals surface area contributed by atoms with Gasteiger partial charge in [0, 0.05) is 41.4 Å². The van der Waals surface area contributed by atoms with E-state index >= 15 is 0 Å². The zero-order valence-electron chi connectivity index (χ0n) is 8.08. The molecule has 4 nitrogen and oxygen atoms in total. The third-order valence-electron chi connectivity index (χ3n) is 1.88. The first-order valence-electron chi connectivity index (χ1n) is 4.50. The van der Waals surface area contributed by atoms with Crippen LogP contribution in [-0.2, 0) is 10.8 Å². The first kappa shape index (κ1) is 10.5. The Hall–Kier alpha value is -0.580. The van der Waals surface area contributed by atoms with Gasteiger partial charge in [-0.15, -0.1) is 0 Å². The van der Waals surface area contributed by atoms with Crippen LogP contribution in [0.15, 0.2) is 0 Å². The van der Waals surface area contributed by atoms with Crippen LogP contribution in [0, 0.1) is 0 Å². The standard InChI is InChI=1S/C8H16N2O2S/c1-7(2)9-8(11)10-3-5-13(12)6-4-10/h7H,3-6H2,1-2H3,(H,9,11). The van der Waals surface area contributed by atoms with E-state index in [4.69, 9.17) is 0 Å². The summed E-state index contributed by atoms with van der Waals surface area (Å²) in [5.74, 6) is 1.23. The van der Waals surface area contributed by atoms with Crippen LogP contribution in [0.2, 0.25) is 0 Å². The number of carbonyl (C=O) groups is 1. The van der Waals surface area contributed by atoms with Crippen LogP contribution in [-0.4, -0.2) is 45.8 Å². The van der Waals surface area contributed by atoms with Crippen molar-refractivity contribution in [2.45, 2.75) is 19.9 Å². The Bertz CT molecular complexity index is 208. The maximum absolute atomic E-state index is 11.4. The summed E-state index contributed by atoms with van der Waals surface area (Å²) in [6.07, 6.45) is 0. The van der Waals surface area contributed by atoms with Gasteiger partial charge in [0.25, 0.3) is 0 Å². The van der Waals surface area contributed by atoms with E-state index in [-0.39, 0.29) is 12.1 Å². The summed E-state index contributed by atoms with van der Waals surface area (Å²) in [6.45, 7) is 5.09. The van der Waals surface area contributed by atoms with Gasteiger partial charge in [-0.25, -0.2) is 4.79 Å². The zero-order chi connectivity index (χ0) is 9.84. The quantitative estimate of drug-likeness (QED) is 0.662. The molecule has 13 heavy (non-hydrogen) atoms. The molecule has 0 aromatic heterocycles. The van der Waals surface area contributed by atoms with Crippen LogP contribution in [0.4, 0.5) is 4.79 Å². The first-order valence-corrected chi connectivity index (χ1v) is 5.99. The molecular formula is C8H16N2O2S. The molecule has 1 aliphatic heterocycles. The van der Waals surface area contributed by atoms with Gasteiger partial charge in [0.05, 0.1) is 0 Å². The maximum atomic E-state index is 11.4. The van der Waals surface area contributed by atoms with Crippen molar-refractivity contribution in [1.29, 1.82) is 0 Å². The lowest BCUT2D eigenvalue weighted by Crippen LogP contribution is -2.48. The van der Waals surface area contributed by atoms with Gasteiger partial charge in [-0.05, 0) is 13.8 Å². The van der Waals surface area contributed by atoms with Crippen LogP contribution >= 0.6 is 0 Å². The van der Waals surface area contributed by atoms with Gasteiger partial charge < -0.3 is 10.2 Å². The molecule has 1 rings (SSSR count). The minimum absolute atomic E-state index is 0.0355. The molecule has 0 saturated carbocycles. The second kappa shape index (κ2) is 4.60. The Balaban J connectivity index is 2.35. The summed E-state index contributed by atoms with van der Waals surface area (Å²) in [7, 11) is -0.712. The fourth-order valence-corrected chi connectivity index (χ4v) is 2.23. The minimum Gasteiger partial charge on any atom is -0.336 e. The lowest BCUT2D eigenvalue weighted by Gasteiger charge is -2.27. The highest BCUT2D eigenvalue weighted by molar-refractivity contribution is 7.85. The van der Waals surface area contributed by atoms with Gasteiger partial charge in [-0.3, -0.25) is 4.21 Å². The van der Waals surface area contributed by atoms with Gasteiger partial charge in [-0.1, -0.05) is 0 Å². The lowest BCUT2D eigenvalue weighted by molar-refractivity contribution is 0.200. The number of hydrogen-bond acceptors (Lipinski definition) is 2. The Morgan fingerprint density at radius 2 is 1.92 bits per heavy atom. The van der Waals surface area contributed by atoms with Gasteiger partial charge in [0.1, 0.15) is 0 Å². The smallest absolute Gasteiger partial charge is 0.317 e. The third-order valence-corrected chi connectivity index (χ3v) is 3.15. The lowest BCUT2D eigenvalue weighted by atomic mass is 10.4. The number of rotatable bonds is 1. The summed E-state index contributed by atoms with van der Waals surface area (Å²) in [6, 6.07) is 0.131. The predicted molar refractivity (Wildman–Crippen MR) is 53.1 cm³/mol. The van der Waals surface area contributed by atoms with Crippen molar-refractivity contribution in [2.24, 2.45) is 0 Å². The van der Waals surface area contributed by atoms with Gasteiger partial charge >= 0.3 is 6.03 Å². The molecule has 1 fully saturated rings. The van der Waals surface area contributed by atoms with E-state index in [2.05, 4.69) is 5.32 Å². The van der Waals surface area contributed by atoms with Crippen molar-refractivity contribution in [3.8, 4) is 0 Å². The third kappa shape index (κ3) is 3.34. The second-order valence-electron chi connectivity index (χ2n) is 3.44. The Kier molecular flexibility index (Phi) is 3.71. The molecule has 1 heterocycles. The van der Waals surface area contributed by atoms with E-state index in [1.807, 2.05) is 13.8 Å². The van der Waals surface area contributed by atoms with Crippen molar-refractivity contribution >= 4 is 16.8 Å². The molecule has 0 atom stereocenters. The molecule has 0 spiro atoms. The fourth-order valence-electron chi connectivity index (χ4n) is 1.18. The molecule has 1 saturated heterocycles. The molecule has 76 valence electrons. The summed E-state index contributed by atoms with van der Waals surface area (Å²) in [5.41, 5.74) is 0. The van der Waals surface area contributed by atoms with E-state index in [0.29, 0.717) is 24.6 Å². The van der Waals surface area contributed by atoms with Crippen molar-refractivity contribution < 1.29 is 9.00 Å². The molecular weight excluding hydrogens is 188 g/mol. The van der Waals surface area contributed by atoms with E-state index < -0.39 is 10.8 Å². The highest BCUT2D eigenvalue weighted by Gasteiger charge is 2.19. The summed E-state index contributed by atoms with van der Waals surface area (Å²) < 4.78 is 11.0. The number of urea groups is 1. The van der Waals surface area contributed by atoms with Gasteiger partial charge in [-0.2, -0.15) is 0 Å². The topological polar surface area (TPSA) is 49.4 Å². The Morgan fingerprint density at radius 1 is 1.38 bits per heavy atom. The zero-order valence-corrected chi connectivity index (χ0v) is 8.89. The van der Waals surface area contributed by atoms with Gasteiger partial charge in [0.15, 0.2) is 0 Å². The highest BCUT2D eigenvalue weighted by atomic mass is 32.2. The van der Waals surface area contributed by atoms with E-state index in [1.54, 1.807) is 4.90 Å². The van der Waals surface area contributed by atoms with Crippen LogP contribution in [0.5, 0.6) is 0 Å². The maximum Gasteiger partial charge on any atom is 0.317 e. The molecule has 0 aliphatic carbocycles. The number of amides is 2. The largest absolute Gasteiger partial charge is 0.336 e. The van der Waals surface area contributed by atoms with E-state index in [0.717, 1.165) is 0 Å². The van der Waals surface area contributed by atoms with Crippen LogP contribution < -0.4 is 5.32 Å². The molecule has 1 aliphatic rings. The van der Waals surface area contributed by atoms with Crippen molar-refractivity contribution in [1.82, 2.24) is 10.2 Å².